The van der Waals surface area contributed by atoms with E-state index < -0.39 is 10.0 Å². The number of phenolic OH excluding ortho intramolecular Hbond substituents is 1. The topological polar surface area (TPSA) is 93.4 Å². The van der Waals surface area contributed by atoms with E-state index in [4.69, 9.17) is 4.74 Å². The summed E-state index contributed by atoms with van der Waals surface area (Å²) < 4.78 is 32.7. The molecule has 0 aliphatic carbocycles. The summed E-state index contributed by atoms with van der Waals surface area (Å²) in [5.41, 5.74) is 0.0422. The van der Waals surface area contributed by atoms with Gasteiger partial charge in [-0.2, -0.15) is 13.5 Å². The third kappa shape index (κ3) is 2.63. The molecule has 2 N–H and O–H groups in total. The molecule has 102 valence electrons. The third-order valence-corrected chi connectivity index (χ3v) is 3.94. The second-order valence-corrected chi connectivity index (χ2v) is 5.41. The van der Waals surface area contributed by atoms with Crippen LogP contribution in [0.4, 0.5) is 5.69 Å². The Morgan fingerprint density at radius 1 is 1.37 bits per heavy atom. The maximum absolute atomic E-state index is 12.1. The number of nitrogens with one attached hydrogen (secondary N) is 1. The van der Waals surface area contributed by atoms with E-state index in [0.29, 0.717) is 5.75 Å². The number of methoxy groups -OCH3 is 1. The molecular formula is C11H13N3O4S. The van der Waals surface area contributed by atoms with E-state index in [1.807, 2.05) is 0 Å². The SMILES string of the molecule is COc1ccc(O)c(NS(=O)(=O)c2ccnn2C)c1. The predicted molar refractivity (Wildman–Crippen MR) is 68.7 cm³/mol. The molecule has 0 atom stereocenters. The molecule has 2 rings (SSSR count). The summed E-state index contributed by atoms with van der Waals surface area (Å²) in [6.07, 6.45) is 1.37. The van der Waals surface area contributed by atoms with Gasteiger partial charge < -0.3 is 9.84 Å². The molecule has 0 radical (unpaired) electrons. The summed E-state index contributed by atoms with van der Waals surface area (Å²) in [5, 5.41) is 13.4. The number of aryl methyl sites for hydroxylation is 1. The van der Waals surface area contributed by atoms with Crippen molar-refractivity contribution >= 4 is 15.7 Å². The van der Waals surface area contributed by atoms with E-state index in [1.165, 1.54) is 49.3 Å². The number of phenols is 1. The molecule has 0 aliphatic rings. The van der Waals surface area contributed by atoms with Crippen LogP contribution in [0.15, 0.2) is 35.5 Å². The quantitative estimate of drug-likeness (QED) is 0.814. The lowest BCUT2D eigenvalue weighted by Crippen LogP contribution is -2.16. The van der Waals surface area contributed by atoms with E-state index in [-0.39, 0.29) is 16.5 Å². The van der Waals surface area contributed by atoms with Gasteiger partial charge in [-0.05, 0) is 18.2 Å². The molecule has 0 spiro atoms. The first-order chi connectivity index (χ1) is 8.94. The second kappa shape index (κ2) is 4.81. The lowest BCUT2D eigenvalue weighted by Gasteiger charge is -2.10. The van der Waals surface area contributed by atoms with Gasteiger partial charge in [-0.25, -0.2) is 0 Å². The Hall–Kier alpha value is -2.22. The van der Waals surface area contributed by atoms with Crippen LogP contribution in [0.1, 0.15) is 0 Å². The zero-order chi connectivity index (χ0) is 14.0. The molecule has 1 aromatic carbocycles. The molecule has 0 aliphatic heterocycles. The van der Waals surface area contributed by atoms with E-state index in [0.717, 1.165) is 0 Å². The van der Waals surface area contributed by atoms with Crippen molar-refractivity contribution in [3.05, 3.63) is 30.5 Å². The standard InChI is InChI=1S/C11H13N3O4S/c1-14-11(5-6-12-14)19(16,17)13-9-7-8(18-2)3-4-10(9)15/h3-7,13,15H,1-2H3. The van der Waals surface area contributed by atoms with Crippen molar-refractivity contribution in [3.63, 3.8) is 0 Å². The minimum atomic E-state index is -3.81. The summed E-state index contributed by atoms with van der Waals surface area (Å²) in [7, 11) is -0.849. The van der Waals surface area contributed by atoms with E-state index in [1.54, 1.807) is 0 Å². The van der Waals surface area contributed by atoms with Crippen LogP contribution < -0.4 is 9.46 Å². The molecular weight excluding hydrogens is 270 g/mol. The van der Waals surface area contributed by atoms with Crippen LogP contribution in [0, 0.1) is 0 Å². The first kappa shape index (κ1) is 13.2. The number of sulfonamides is 1. The Kier molecular flexibility index (Phi) is 3.34. The van der Waals surface area contributed by atoms with Crippen LogP contribution in [0.3, 0.4) is 0 Å². The molecule has 0 amide bonds. The molecule has 8 heteroatoms. The first-order valence-corrected chi connectivity index (χ1v) is 6.80. The minimum Gasteiger partial charge on any atom is -0.506 e. The Morgan fingerprint density at radius 2 is 2.11 bits per heavy atom. The van der Waals surface area contributed by atoms with Crippen LogP contribution in [0.5, 0.6) is 11.5 Å². The van der Waals surface area contributed by atoms with Gasteiger partial charge in [-0.1, -0.05) is 0 Å². The van der Waals surface area contributed by atoms with E-state index in [9.17, 15) is 13.5 Å². The summed E-state index contributed by atoms with van der Waals surface area (Å²) >= 11 is 0. The van der Waals surface area contributed by atoms with Crippen molar-refractivity contribution in [1.82, 2.24) is 9.78 Å². The van der Waals surface area contributed by atoms with Crippen LogP contribution >= 0.6 is 0 Å². The van der Waals surface area contributed by atoms with Crippen molar-refractivity contribution < 1.29 is 18.3 Å². The van der Waals surface area contributed by atoms with Gasteiger partial charge in [0, 0.05) is 13.1 Å². The number of anilines is 1. The molecule has 0 saturated carbocycles. The number of rotatable bonds is 4. The third-order valence-electron chi connectivity index (χ3n) is 2.50. The largest absolute Gasteiger partial charge is 0.506 e. The van der Waals surface area contributed by atoms with Crippen molar-refractivity contribution in [1.29, 1.82) is 0 Å². The van der Waals surface area contributed by atoms with Gasteiger partial charge in [0.1, 0.15) is 11.5 Å². The highest BCUT2D eigenvalue weighted by Crippen LogP contribution is 2.29. The van der Waals surface area contributed by atoms with Gasteiger partial charge in [0.25, 0.3) is 10.0 Å². The maximum Gasteiger partial charge on any atom is 0.279 e. The average Bonchev–Trinajstić information content (AvgIpc) is 2.79. The highest BCUT2D eigenvalue weighted by molar-refractivity contribution is 7.92. The van der Waals surface area contributed by atoms with Gasteiger partial charge >= 0.3 is 0 Å². The van der Waals surface area contributed by atoms with E-state index in [2.05, 4.69) is 9.82 Å². The Bertz CT molecular complexity index is 694. The number of nitrogens with zero attached hydrogens (tertiary/aromatic N) is 2. The number of benzene rings is 1. The minimum absolute atomic E-state index is 0.00489. The average molecular weight is 283 g/mol. The smallest absolute Gasteiger partial charge is 0.279 e. The molecule has 1 aromatic heterocycles. The van der Waals surface area contributed by atoms with Crippen molar-refractivity contribution in [2.24, 2.45) is 7.05 Å². The Labute approximate surface area is 110 Å². The van der Waals surface area contributed by atoms with Crippen LogP contribution in [0.2, 0.25) is 0 Å². The van der Waals surface area contributed by atoms with Crippen molar-refractivity contribution in [3.8, 4) is 11.5 Å². The molecule has 0 saturated heterocycles. The van der Waals surface area contributed by atoms with Crippen LogP contribution in [0.25, 0.3) is 0 Å². The first-order valence-electron chi connectivity index (χ1n) is 5.32. The summed E-state index contributed by atoms with van der Waals surface area (Å²) in [5.74, 6) is 0.243. The van der Waals surface area contributed by atoms with Crippen LogP contribution in [-0.2, 0) is 17.1 Å². The lowest BCUT2D eigenvalue weighted by atomic mass is 10.3. The number of aromatic hydroxyl groups is 1. The summed E-state index contributed by atoms with van der Waals surface area (Å²) in [4.78, 5) is 0. The summed E-state index contributed by atoms with van der Waals surface area (Å²) in [6, 6.07) is 5.62. The Morgan fingerprint density at radius 3 is 2.68 bits per heavy atom. The summed E-state index contributed by atoms with van der Waals surface area (Å²) in [6.45, 7) is 0. The molecule has 0 bridgehead atoms. The highest BCUT2D eigenvalue weighted by Gasteiger charge is 2.19. The number of aromatic nitrogens is 2. The second-order valence-electron chi connectivity index (χ2n) is 3.78. The van der Waals surface area contributed by atoms with Gasteiger partial charge in [0.05, 0.1) is 19.0 Å². The fraction of sp³-hybridized carbons (Fsp3) is 0.182. The van der Waals surface area contributed by atoms with Gasteiger partial charge in [-0.3, -0.25) is 9.40 Å². The van der Waals surface area contributed by atoms with Crippen molar-refractivity contribution in [2.45, 2.75) is 5.03 Å². The van der Waals surface area contributed by atoms with Gasteiger partial charge in [0.2, 0.25) is 0 Å². The number of ether oxygens (including phenoxy) is 1. The van der Waals surface area contributed by atoms with Crippen molar-refractivity contribution in [2.75, 3.05) is 11.8 Å². The lowest BCUT2D eigenvalue weighted by molar-refractivity contribution is 0.413. The zero-order valence-electron chi connectivity index (χ0n) is 10.4. The number of hydrogen-bond acceptors (Lipinski definition) is 5. The normalized spacial score (nSPS) is 11.3. The van der Waals surface area contributed by atoms with E-state index >= 15 is 0 Å². The molecule has 1 heterocycles. The molecule has 19 heavy (non-hydrogen) atoms. The molecule has 0 fully saturated rings. The number of hydrogen-bond donors (Lipinski definition) is 2. The predicted octanol–water partition coefficient (Wildman–Crippen LogP) is 0.935. The Balaban J connectivity index is 2.38. The highest BCUT2D eigenvalue weighted by atomic mass is 32.2. The fourth-order valence-corrected chi connectivity index (χ4v) is 2.74. The maximum atomic E-state index is 12.1. The molecule has 7 nitrogen and oxygen atoms in total. The molecule has 0 unspecified atom stereocenters. The fourth-order valence-electron chi connectivity index (χ4n) is 1.55. The van der Waals surface area contributed by atoms with Gasteiger partial charge in [-0.15, -0.1) is 0 Å². The van der Waals surface area contributed by atoms with Crippen LogP contribution in [-0.4, -0.2) is 30.4 Å². The zero-order valence-corrected chi connectivity index (χ0v) is 11.2. The monoisotopic (exact) mass is 283 g/mol. The van der Waals surface area contributed by atoms with Gasteiger partial charge in [0.15, 0.2) is 5.03 Å². The molecule has 2 aromatic rings.